The average molecular weight is 270 g/mol. The predicted octanol–water partition coefficient (Wildman–Crippen LogP) is 0.629. The van der Waals surface area contributed by atoms with E-state index < -0.39 is 5.97 Å². The van der Waals surface area contributed by atoms with E-state index in [1.807, 2.05) is 0 Å². The van der Waals surface area contributed by atoms with Gasteiger partial charge in [-0.25, -0.2) is 4.79 Å². The highest BCUT2D eigenvalue weighted by molar-refractivity contribution is 5.84. The van der Waals surface area contributed by atoms with Gasteiger partial charge >= 0.3 is 5.97 Å². The van der Waals surface area contributed by atoms with E-state index in [0.29, 0.717) is 25.6 Å². The fourth-order valence-electron chi connectivity index (χ4n) is 1.39. The summed E-state index contributed by atoms with van der Waals surface area (Å²) in [5.74, 6) is -0.388. The molecule has 19 heavy (non-hydrogen) atoms. The molecule has 0 aliphatic carbocycles. The fourth-order valence-corrected chi connectivity index (χ4v) is 1.39. The molecule has 0 spiro atoms. The molecule has 1 aromatic rings. The summed E-state index contributed by atoms with van der Waals surface area (Å²) in [5.41, 5.74) is -0.0305. The first-order valence-corrected chi connectivity index (χ1v) is 6.51. The number of carboxylic acid groups (broad SMARTS) is 1. The molecule has 0 fully saturated rings. The van der Waals surface area contributed by atoms with Crippen molar-refractivity contribution in [1.82, 2.24) is 20.3 Å². The van der Waals surface area contributed by atoms with Crippen LogP contribution in [-0.4, -0.2) is 52.4 Å². The normalized spacial score (nSPS) is 11.1. The summed E-state index contributed by atoms with van der Waals surface area (Å²) >= 11 is 0. The van der Waals surface area contributed by atoms with Gasteiger partial charge in [0.2, 0.25) is 0 Å². The third-order valence-corrected chi connectivity index (χ3v) is 2.54. The highest BCUT2D eigenvalue weighted by atomic mass is 16.5. The second-order valence-corrected chi connectivity index (χ2v) is 4.72. The second-order valence-electron chi connectivity index (χ2n) is 4.72. The van der Waals surface area contributed by atoms with Gasteiger partial charge in [-0.1, -0.05) is 19.1 Å². The van der Waals surface area contributed by atoms with Gasteiger partial charge in [0, 0.05) is 19.7 Å². The molecule has 7 nitrogen and oxygen atoms in total. The van der Waals surface area contributed by atoms with Crippen molar-refractivity contribution in [3.05, 3.63) is 11.9 Å². The quantitative estimate of drug-likeness (QED) is 0.606. The molecule has 0 saturated carbocycles. The van der Waals surface area contributed by atoms with Gasteiger partial charge in [0.1, 0.15) is 0 Å². The van der Waals surface area contributed by atoms with Gasteiger partial charge in [-0.2, -0.15) is 0 Å². The van der Waals surface area contributed by atoms with Crippen molar-refractivity contribution >= 4 is 5.97 Å². The molecule has 0 unspecified atom stereocenters. The Hall–Kier alpha value is -1.47. The van der Waals surface area contributed by atoms with E-state index in [9.17, 15) is 4.79 Å². The lowest BCUT2D eigenvalue weighted by atomic mass is 10.1. The minimum absolute atomic E-state index is 0.0305. The lowest BCUT2D eigenvalue weighted by Crippen LogP contribution is -2.24. The first-order valence-electron chi connectivity index (χ1n) is 6.51. The number of rotatable bonds is 10. The Labute approximate surface area is 112 Å². The molecule has 1 rings (SSSR count). The summed E-state index contributed by atoms with van der Waals surface area (Å²) in [7, 11) is 0. The molecule has 0 bridgehead atoms. The molecular weight excluding hydrogens is 248 g/mol. The highest BCUT2D eigenvalue weighted by Crippen LogP contribution is 1.98. The molecule has 0 aromatic carbocycles. The molecular formula is C12H22N4O3. The van der Waals surface area contributed by atoms with Gasteiger partial charge in [-0.3, -0.25) is 4.68 Å². The number of ether oxygens (including phenoxy) is 1. The zero-order valence-corrected chi connectivity index (χ0v) is 11.5. The number of hydrogen-bond acceptors (Lipinski definition) is 5. The van der Waals surface area contributed by atoms with Crippen LogP contribution in [0.3, 0.4) is 0 Å². The van der Waals surface area contributed by atoms with Gasteiger partial charge in [0.25, 0.3) is 0 Å². The van der Waals surface area contributed by atoms with Crippen LogP contribution in [0.1, 0.15) is 30.8 Å². The smallest absolute Gasteiger partial charge is 0.358 e. The first-order chi connectivity index (χ1) is 9.09. The van der Waals surface area contributed by atoms with E-state index in [1.54, 1.807) is 0 Å². The minimum atomic E-state index is -1.06. The van der Waals surface area contributed by atoms with Gasteiger partial charge < -0.3 is 15.2 Å². The van der Waals surface area contributed by atoms with Crippen LogP contribution in [0, 0.1) is 5.92 Å². The van der Waals surface area contributed by atoms with Crippen LogP contribution in [0.2, 0.25) is 0 Å². The number of aromatic nitrogens is 3. The number of hydrogen-bond donors (Lipinski definition) is 2. The van der Waals surface area contributed by atoms with Crippen LogP contribution in [0.25, 0.3) is 0 Å². The summed E-state index contributed by atoms with van der Waals surface area (Å²) in [6.45, 7) is 7.89. The maximum absolute atomic E-state index is 10.6. The minimum Gasteiger partial charge on any atom is -0.476 e. The van der Waals surface area contributed by atoms with Gasteiger partial charge in [-0.05, 0) is 12.3 Å². The van der Waals surface area contributed by atoms with Crippen molar-refractivity contribution in [2.45, 2.75) is 26.8 Å². The molecule has 0 amide bonds. The lowest BCUT2D eigenvalue weighted by molar-refractivity contribution is 0.0690. The Morgan fingerprint density at radius 1 is 1.47 bits per heavy atom. The third kappa shape index (κ3) is 6.88. The lowest BCUT2D eigenvalue weighted by Gasteiger charge is -2.07. The number of carboxylic acids is 1. The summed E-state index contributed by atoms with van der Waals surface area (Å²) < 4.78 is 6.97. The molecule has 7 heteroatoms. The Balaban J connectivity index is 2.00. The van der Waals surface area contributed by atoms with E-state index in [-0.39, 0.29) is 5.69 Å². The summed E-state index contributed by atoms with van der Waals surface area (Å²) in [5, 5.41) is 19.1. The SMILES string of the molecule is CC(C)CCOCCNCCn1cc(C(=O)O)nn1. The molecule has 0 aliphatic heterocycles. The van der Waals surface area contributed by atoms with E-state index in [1.165, 1.54) is 10.9 Å². The van der Waals surface area contributed by atoms with Crippen LogP contribution in [0.4, 0.5) is 0 Å². The molecule has 2 N–H and O–H groups in total. The van der Waals surface area contributed by atoms with Crippen molar-refractivity contribution in [3.63, 3.8) is 0 Å². The topological polar surface area (TPSA) is 89.3 Å². The summed E-state index contributed by atoms with van der Waals surface area (Å²) in [6, 6.07) is 0. The van der Waals surface area contributed by atoms with Crippen LogP contribution in [0.15, 0.2) is 6.20 Å². The van der Waals surface area contributed by atoms with Crippen molar-refractivity contribution < 1.29 is 14.6 Å². The predicted molar refractivity (Wildman–Crippen MR) is 70.1 cm³/mol. The van der Waals surface area contributed by atoms with Gasteiger partial charge in [0.15, 0.2) is 5.69 Å². The number of nitrogens with zero attached hydrogens (tertiary/aromatic N) is 3. The second kappa shape index (κ2) is 8.60. The monoisotopic (exact) mass is 270 g/mol. The van der Waals surface area contributed by atoms with Gasteiger partial charge in [-0.15, -0.1) is 5.10 Å². The Kier molecular flexibility index (Phi) is 7.06. The van der Waals surface area contributed by atoms with Crippen LogP contribution in [-0.2, 0) is 11.3 Å². The fraction of sp³-hybridized carbons (Fsp3) is 0.750. The molecule has 1 heterocycles. The summed E-state index contributed by atoms with van der Waals surface area (Å²) in [6.07, 6.45) is 2.50. The van der Waals surface area contributed by atoms with Gasteiger partial charge in [0.05, 0.1) is 19.3 Å². The van der Waals surface area contributed by atoms with Crippen LogP contribution < -0.4 is 5.32 Å². The van der Waals surface area contributed by atoms with Crippen molar-refractivity contribution in [2.75, 3.05) is 26.3 Å². The van der Waals surface area contributed by atoms with E-state index >= 15 is 0 Å². The summed E-state index contributed by atoms with van der Waals surface area (Å²) in [4.78, 5) is 10.6. The van der Waals surface area contributed by atoms with Crippen LogP contribution >= 0.6 is 0 Å². The maximum atomic E-state index is 10.6. The van der Waals surface area contributed by atoms with E-state index in [2.05, 4.69) is 29.5 Å². The molecule has 0 aliphatic rings. The number of nitrogens with one attached hydrogen (secondary N) is 1. The van der Waals surface area contributed by atoms with Crippen molar-refractivity contribution in [3.8, 4) is 0 Å². The molecule has 0 atom stereocenters. The molecule has 0 radical (unpaired) electrons. The van der Waals surface area contributed by atoms with E-state index in [0.717, 1.165) is 19.6 Å². The first kappa shape index (κ1) is 15.6. The largest absolute Gasteiger partial charge is 0.476 e. The maximum Gasteiger partial charge on any atom is 0.358 e. The number of aromatic carboxylic acids is 1. The zero-order chi connectivity index (χ0) is 14.1. The number of carbonyl (C=O) groups is 1. The van der Waals surface area contributed by atoms with Crippen LogP contribution in [0.5, 0.6) is 0 Å². The Bertz CT molecular complexity index is 379. The molecule has 0 saturated heterocycles. The third-order valence-electron chi connectivity index (χ3n) is 2.54. The van der Waals surface area contributed by atoms with Crippen molar-refractivity contribution in [2.24, 2.45) is 5.92 Å². The Morgan fingerprint density at radius 2 is 2.26 bits per heavy atom. The van der Waals surface area contributed by atoms with E-state index in [4.69, 9.17) is 9.84 Å². The van der Waals surface area contributed by atoms with Crippen molar-refractivity contribution in [1.29, 1.82) is 0 Å². The highest BCUT2D eigenvalue weighted by Gasteiger charge is 2.07. The zero-order valence-electron chi connectivity index (χ0n) is 11.5. The molecule has 108 valence electrons. The molecule has 1 aromatic heterocycles. The average Bonchev–Trinajstić information content (AvgIpc) is 2.81. The Morgan fingerprint density at radius 3 is 2.89 bits per heavy atom. The standard InChI is InChI=1S/C12H22N4O3/c1-10(2)3-7-19-8-5-13-4-6-16-9-11(12(17)18)14-15-16/h9-10,13H,3-8H2,1-2H3,(H,17,18).